The van der Waals surface area contributed by atoms with Crippen molar-refractivity contribution >= 4 is 44.5 Å². The average molecular weight is 423 g/mol. The summed E-state index contributed by atoms with van der Waals surface area (Å²) in [4.78, 5) is 25.7. The lowest BCUT2D eigenvalue weighted by atomic mass is 9.74. The van der Waals surface area contributed by atoms with Crippen LogP contribution in [0.3, 0.4) is 0 Å². The minimum absolute atomic E-state index is 0.0105. The van der Waals surface area contributed by atoms with Crippen LogP contribution in [0, 0.1) is 5.41 Å². The Kier molecular flexibility index (Phi) is 5.66. The maximum absolute atomic E-state index is 12.7. The molecule has 1 aromatic carbocycles. The second-order valence-corrected chi connectivity index (χ2v) is 12.0. The zero-order valence-corrected chi connectivity index (χ0v) is 18.0. The van der Waals surface area contributed by atoms with Crippen LogP contribution >= 0.6 is 23.1 Å². The molecule has 0 aliphatic heterocycles. The summed E-state index contributed by atoms with van der Waals surface area (Å²) in [5.74, 6) is 0.352. The van der Waals surface area contributed by atoms with Crippen molar-refractivity contribution in [2.24, 2.45) is 5.41 Å². The van der Waals surface area contributed by atoms with E-state index in [9.17, 15) is 18.0 Å². The summed E-state index contributed by atoms with van der Waals surface area (Å²) < 4.78 is 25.7. The van der Waals surface area contributed by atoms with Crippen LogP contribution in [0.5, 0.6) is 0 Å². The predicted molar refractivity (Wildman–Crippen MR) is 110 cm³/mol. The van der Waals surface area contributed by atoms with Crippen molar-refractivity contribution < 1.29 is 18.0 Å². The van der Waals surface area contributed by atoms with E-state index >= 15 is 0 Å². The van der Waals surface area contributed by atoms with Crippen molar-refractivity contribution in [3.8, 4) is 0 Å². The van der Waals surface area contributed by atoms with Gasteiger partial charge in [0.1, 0.15) is 0 Å². The van der Waals surface area contributed by atoms with Gasteiger partial charge in [-0.3, -0.25) is 9.59 Å². The molecule has 1 heterocycles. The third-order valence-electron chi connectivity index (χ3n) is 4.56. The van der Waals surface area contributed by atoms with Gasteiger partial charge in [-0.25, -0.2) is 8.42 Å². The Hall–Kier alpha value is -1.44. The third-order valence-corrected chi connectivity index (χ3v) is 9.15. The number of thiophene rings is 1. The quantitative estimate of drug-likeness (QED) is 0.500. The Morgan fingerprint density at radius 1 is 1.19 bits per heavy atom. The van der Waals surface area contributed by atoms with Crippen LogP contribution in [-0.2, 0) is 16.3 Å². The molecule has 0 amide bonds. The molecule has 2 aromatic rings. The van der Waals surface area contributed by atoms with Crippen molar-refractivity contribution in [1.29, 1.82) is 0 Å². The van der Waals surface area contributed by atoms with Crippen LogP contribution in [0.1, 0.15) is 52.8 Å². The van der Waals surface area contributed by atoms with E-state index in [4.69, 9.17) is 0 Å². The Labute approximate surface area is 168 Å². The van der Waals surface area contributed by atoms with Gasteiger partial charge in [0.2, 0.25) is 0 Å². The van der Waals surface area contributed by atoms with Gasteiger partial charge < -0.3 is 0 Å². The second-order valence-electron chi connectivity index (χ2n) is 7.55. The van der Waals surface area contributed by atoms with E-state index < -0.39 is 9.84 Å². The van der Waals surface area contributed by atoms with Gasteiger partial charge in [0.25, 0.3) is 0 Å². The van der Waals surface area contributed by atoms with Crippen LogP contribution in [0.2, 0.25) is 0 Å². The fraction of sp³-hybridized carbons (Fsp3) is 0.400. The zero-order valence-electron chi connectivity index (χ0n) is 15.6. The minimum atomic E-state index is -3.36. The molecular weight excluding hydrogens is 400 g/mol. The number of Topliss-reactive ketones (excluding diaryl/α,β-unsaturated/α-hetero) is 2. The Balaban J connectivity index is 1.82. The van der Waals surface area contributed by atoms with Crippen LogP contribution in [0.4, 0.5) is 0 Å². The van der Waals surface area contributed by atoms with Gasteiger partial charge in [-0.15, -0.1) is 23.1 Å². The SMILES string of the molecule is CC(=O)c1sc(SCCS(=O)(=O)c2ccccc2)c2c1CC(C)(C)CC2=O. The van der Waals surface area contributed by atoms with E-state index in [1.165, 1.54) is 30.0 Å². The molecule has 3 rings (SSSR count). The summed E-state index contributed by atoms with van der Waals surface area (Å²) in [6, 6.07) is 8.37. The number of rotatable bonds is 6. The predicted octanol–water partition coefficient (Wildman–Crippen LogP) is 4.67. The molecule has 1 aliphatic carbocycles. The van der Waals surface area contributed by atoms with Crippen molar-refractivity contribution in [3.63, 3.8) is 0 Å². The molecule has 0 N–H and O–H groups in total. The van der Waals surface area contributed by atoms with E-state index in [1.807, 2.05) is 13.8 Å². The molecule has 7 heteroatoms. The number of hydrogen-bond acceptors (Lipinski definition) is 6. The van der Waals surface area contributed by atoms with E-state index in [-0.39, 0.29) is 22.7 Å². The fourth-order valence-electron chi connectivity index (χ4n) is 3.33. The van der Waals surface area contributed by atoms with Crippen molar-refractivity contribution in [2.45, 2.75) is 42.7 Å². The first kappa shape index (κ1) is 20.3. The Morgan fingerprint density at radius 2 is 1.85 bits per heavy atom. The van der Waals surface area contributed by atoms with Gasteiger partial charge in [-0.2, -0.15) is 0 Å². The number of carbonyl (C=O) groups is 2. The van der Waals surface area contributed by atoms with Gasteiger partial charge in [0.15, 0.2) is 21.4 Å². The summed E-state index contributed by atoms with van der Waals surface area (Å²) in [6.07, 6.45) is 1.15. The number of ketones is 2. The number of benzene rings is 1. The standard InChI is InChI=1S/C20H22O4S3/c1-13(21)18-15-11-20(2,3)12-16(22)17(15)19(26-18)25-9-10-27(23,24)14-7-5-4-6-8-14/h4-8H,9-12H2,1-3H3. The maximum Gasteiger partial charge on any atom is 0.179 e. The highest BCUT2D eigenvalue weighted by atomic mass is 32.2. The molecule has 4 nitrogen and oxygen atoms in total. The molecule has 1 aliphatic rings. The van der Waals surface area contributed by atoms with Crippen molar-refractivity contribution in [2.75, 3.05) is 11.5 Å². The van der Waals surface area contributed by atoms with Crippen LogP contribution in [0.15, 0.2) is 39.4 Å². The largest absolute Gasteiger partial charge is 0.294 e. The molecule has 0 spiro atoms. The van der Waals surface area contributed by atoms with Gasteiger partial charge in [-0.1, -0.05) is 32.0 Å². The van der Waals surface area contributed by atoms with Crippen LogP contribution in [-0.4, -0.2) is 31.5 Å². The average Bonchev–Trinajstić information content (AvgIpc) is 2.93. The summed E-state index contributed by atoms with van der Waals surface area (Å²) in [7, 11) is -3.36. The lowest BCUT2D eigenvalue weighted by Gasteiger charge is -2.29. The topological polar surface area (TPSA) is 68.3 Å². The third kappa shape index (κ3) is 4.36. The summed E-state index contributed by atoms with van der Waals surface area (Å²) in [5, 5.41) is 0. The molecule has 0 unspecified atom stereocenters. The molecule has 0 saturated heterocycles. The molecule has 0 saturated carbocycles. The number of carbonyl (C=O) groups excluding carboxylic acids is 2. The lowest BCUT2D eigenvalue weighted by Crippen LogP contribution is -2.27. The first-order valence-electron chi connectivity index (χ1n) is 8.71. The number of thioether (sulfide) groups is 1. The monoisotopic (exact) mass is 422 g/mol. The summed E-state index contributed by atoms with van der Waals surface area (Å²) >= 11 is 2.70. The van der Waals surface area contributed by atoms with Crippen molar-refractivity contribution in [3.05, 3.63) is 46.3 Å². The van der Waals surface area contributed by atoms with Gasteiger partial charge in [0, 0.05) is 17.7 Å². The molecule has 1 aromatic heterocycles. The number of fused-ring (bicyclic) bond motifs is 1. The minimum Gasteiger partial charge on any atom is -0.294 e. The first-order chi connectivity index (χ1) is 12.6. The fourth-order valence-corrected chi connectivity index (χ4v) is 7.62. The Bertz CT molecular complexity index is 986. The number of sulfone groups is 1. The summed E-state index contributed by atoms with van der Waals surface area (Å²) in [6.45, 7) is 5.59. The maximum atomic E-state index is 12.7. The van der Waals surface area contributed by atoms with E-state index in [0.29, 0.717) is 33.9 Å². The van der Waals surface area contributed by atoms with E-state index in [2.05, 4.69) is 0 Å². The highest BCUT2D eigenvalue weighted by molar-refractivity contribution is 8.02. The van der Waals surface area contributed by atoms with E-state index in [0.717, 1.165) is 9.77 Å². The van der Waals surface area contributed by atoms with Crippen LogP contribution in [0.25, 0.3) is 0 Å². The van der Waals surface area contributed by atoms with Gasteiger partial charge in [-0.05, 0) is 36.5 Å². The molecule has 0 atom stereocenters. The smallest absolute Gasteiger partial charge is 0.179 e. The van der Waals surface area contributed by atoms with Crippen LogP contribution < -0.4 is 0 Å². The second kappa shape index (κ2) is 7.53. The van der Waals surface area contributed by atoms with Gasteiger partial charge >= 0.3 is 0 Å². The molecule has 0 fully saturated rings. The highest BCUT2D eigenvalue weighted by Crippen LogP contribution is 2.45. The highest BCUT2D eigenvalue weighted by Gasteiger charge is 2.36. The summed E-state index contributed by atoms with van der Waals surface area (Å²) in [5.41, 5.74) is 1.34. The zero-order chi connectivity index (χ0) is 19.8. The first-order valence-corrected chi connectivity index (χ1v) is 12.2. The molecule has 0 bridgehead atoms. The lowest BCUT2D eigenvalue weighted by molar-refractivity contribution is 0.0910. The molecule has 27 heavy (non-hydrogen) atoms. The van der Waals surface area contributed by atoms with Crippen molar-refractivity contribution in [1.82, 2.24) is 0 Å². The molecule has 144 valence electrons. The molecule has 0 radical (unpaired) electrons. The van der Waals surface area contributed by atoms with Gasteiger partial charge in [0.05, 0.1) is 19.7 Å². The molecular formula is C20H22O4S3. The normalized spacial score (nSPS) is 16.2. The number of hydrogen-bond donors (Lipinski definition) is 0. The van der Waals surface area contributed by atoms with E-state index in [1.54, 1.807) is 30.3 Å². The Morgan fingerprint density at radius 3 is 2.48 bits per heavy atom.